The van der Waals surface area contributed by atoms with E-state index < -0.39 is 30.9 Å². The third-order valence-corrected chi connectivity index (χ3v) is 4.64. The molecule has 0 bridgehead atoms. The Morgan fingerprint density at radius 3 is 2.40 bits per heavy atom. The van der Waals surface area contributed by atoms with E-state index in [-0.39, 0.29) is 6.61 Å². The second kappa shape index (κ2) is 7.37. The van der Waals surface area contributed by atoms with Crippen molar-refractivity contribution < 1.29 is 29.1 Å². The lowest BCUT2D eigenvalue weighted by atomic mass is 9.77. The molecule has 1 aliphatic heterocycles. The number of rotatable bonds is 6. The minimum atomic E-state index is -1.09. The van der Waals surface area contributed by atoms with Crippen LogP contribution in [0.2, 0.25) is 5.02 Å². The second-order valence-corrected chi connectivity index (χ2v) is 7.27. The average Bonchev–Trinajstić information content (AvgIpc) is 2.72. The normalized spacial score (nSPS) is 19.1. The molecule has 2 rings (SSSR count). The Bertz CT molecular complexity index is 670. The van der Waals surface area contributed by atoms with Gasteiger partial charge in [0.1, 0.15) is 5.75 Å². The van der Waals surface area contributed by atoms with E-state index in [0.29, 0.717) is 21.8 Å². The molecule has 1 heterocycles. The molecule has 1 saturated heterocycles. The van der Waals surface area contributed by atoms with Crippen molar-refractivity contribution in [2.75, 3.05) is 13.2 Å². The van der Waals surface area contributed by atoms with Crippen LogP contribution < -0.4 is 4.74 Å². The molecule has 0 aromatic heterocycles. The molecule has 0 unspecified atom stereocenters. The predicted octanol–water partition coefficient (Wildman–Crippen LogP) is 2.81. The highest BCUT2D eigenvalue weighted by atomic mass is 35.5. The molecule has 1 aromatic carbocycles. The van der Waals surface area contributed by atoms with Gasteiger partial charge in [-0.2, -0.15) is 0 Å². The number of aliphatic carboxylic acids is 1. The zero-order chi connectivity index (χ0) is 18.8. The fourth-order valence-corrected chi connectivity index (χ4v) is 2.44. The SMILES string of the molecule is CC1(C)OB(C(=Cc2ccc(Cl)cc2OCC(=O)O)CO)OC1(C)C. The number of carbonyl (C=O) groups is 1. The van der Waals surface area contributed by atoms with Gasteiger partial charge < -0.3 is 24.3 Å². The topological polar surface area (TPSA) is 85.2 Å². The molecular formula is C17H22BClO6. The van der Waals surface area contributed by atoms with Gasteiger partial charge >= 0.3 is 13.1 Å². The smallest absolute Gasteiger partial charge is 0.481 e. The van der Waals surface area contributed by atoms with Gasteiger partial charge in [0.05, 0.1) is 17.8 Å². The fraction of sp³-hybridized carbons (Fsp3) is 0.471. The number of ether oxygens (including phenoxy) is 1. The lowest BCUT2D eigenvalue weighted by Gasteiger charge is -2.32. The summed E-state index contributed by atoms with van der Waals surface area (Å²) in [4.78, 5) is 10.7. The van der Waals surface area contributed by atoms with E-state index in [2.05, 4.69) is 0 Å². The summed E-state index contributed by atoms with van der Waals surface area (Å²) in [6.07, 6.45) is 1.66. The maximum Gasteiger partial charge on any atom is 0.492 e. The van der Waals surface area contributed by atoms with Crippen LogP contribution >= 0.6 is 11.6 Å². The number of benzene rings is 1. The number of hydrogen-bond donors (Lipinski definition) is 2. The van der Waals surface area contributed by atoms with Crippen molar-refractivity contribution in [1.29, 1.82) is 0 Å². The van der Waals surface area contributed by atoms with E-state index in [4.69, 9.17) is 30.8 Å². The van der Waals surface area contributed by atoms with E-state index in [0.717, 1.165) is 0 Å². The summed E-state index contributed by atoms with van der Waals surface area (Å²) in [7, 11) is -0.710. The summed E-state index contributed by atoms with van der Waals surface area (Å²) in [6, 6.07) is 4.86. The number of carboxylic acid groups (broad SMARTS) is 1. The van der Waals surface area contributed by atoms with Crippen LogP contribution in [-0.4, -0.2) is 47.7 Å². The molecule has 0 radical (unpaired) electrons. The molecule has 8 heteroatoms. The van der Waals surface area contributed by atoms with Gasteiger partial charge in [0.15, 0.2) is 6.61 Å². The maximum absolute atomic E-state index is 10.7. The summed E-state index contributed by atoms with van der Waals surface area (Å²) in [5.41, 5.74) is 0.00824. The Morgan fingerprint density at radius 2 is 1.88 bits per heavy atom. The molecule has 0 spiro atoms. The molecule has 0 amide bonds. The zero-order valence-electron chi connectivity index (χ0n) is 14.7. The number of aliphatic hydroxyl groups is 1. The first-order chi connectivity index (χ1) is 11.6. The molecule has 1 aromatic rings. The molecule has 0 saturated carbocycles. The van der Waals surface area contributed by atoms with E-state index in [1.165, 1.54) is 6.07 Å². The van der Waals surface area contributed by atoms with Crippen LogP contribution in [0.25, 0.3) is 6.08 Å². The number of carboxylic acids is 1. The van der Waals surface area contributed by atoms with Gasteiger partial charge in [0.25, 0.3) is 0 Å². The van der Waals surface area contributed by atoms with Gasteiger partial charge in [-0.25, -0.2) is 4.79 Å². The Kier molecular flexibility index (Phi) is 5.84. The number of halogens is 1. The largest absolute Gasteiger partial charge is 0.492 e. The van der Waals surface area contributed by atoms with Crippen molar-refractivity contribution in [2.24, 2.45) is 0 Å². The van der Waals surface area contributed by atoms with Gasteiger partial charge in [-0.05, 0) is 51.4 Å². The molecule has 25 heavy (non-hydrogen) atoms. The monoisotopic (exact) mass is 368 g/mol. The van der Waals surface area contributed by atoms with Crippen molar-refractivity contribution in [3.63, 3.8) is 0 Å². The Morgan fingerprint density at radius 1 is 1.28 bits per heavy atom. The van der Waals surface area contributed by atoms with Crippen LogP contribution in [0.4, 0.5) is 0 Å². The van der Waals surface area contributed by atoms with Crippen LogP contribution in [0.1, 0.15) is 33.3 Å². The van der Waals surface area contributed by atoms with Crippen LogP contribution in [0.3, 0.4) is 0 Å². The minimum Gasteiger partial charge on any atom is -0.481 e. The number of aliphatic hydroxyl groups excluding tert-OH is 1. The third kappa shape index (κ3) is 4.55. The minimum absolute atomic E-state index is 0.280. The Balaban J connectivity index is 2.32. The van der Waals surface area contributed by atoms with Gasteiger partial charge in [0, 0.05) is 10.6 Å². The molecule has 1 aliphatic rings. The summed E-state index contributed by atoms with van der Waals surface area (Å²) in [6.45, 7) is 6.92. The van der Waals surface area contributed by atoms with E-state index in [1.807, 2.05) is 27.7 Å². The van der Waals surface area contributed by atoms with Crippen molar-refractivity contribution in [3.05, 3.63) is 34.3 Å². The van der Waals surface area contributed by atoms with Crippen molar-refractivity contribution in [2.45, 2.75) is 38.9 Å². The molecule has 2 N–H and O–H groups in total. The average molecular weight is 369 g/mol. The standard InChI is InChI=1S/C17H22BClO6/c1-16(2)17(3,4)25-18(24-16)12(9-20)7-11-5-6-13(19)8-14(11)23-10-15(21)22/h5-8,20H,9-10H2,1-4H3,(H,21,22). The quantitative estimate of drug-likeness (QED) is 0.751. The zero-order valence-corrected chi connectivity index (χ0v) is 15.5. The van der Waals surface area contributed by atoms with E-state index in [9.17, 15) is 9.90 Å². The van der Waals surface area contributed by atoms with Gasteiger partial charge in [-0.15, -0.1) is 0 Å². The highest BCUT2D eigenvalue weighted by Gasteiger charge is 2.52. The van der Waals surface area contributed by atoms with Crippen molar-refractivity contribution >= 4 is 30.8 Å². The van der Waals surface area contributed by atoms with Crippen LogP contribution in [0.5, 0.6) is 5.75 Å². The molecule has 6 nitrogen and oxygen atoms in total. The lowest BCUT2D eigenvalue weighted by molar-refractivity contribution is -0.139. The summed E-state index contributed by atoms with van der Waals surface area (Å²) >= 11 is 5.96. The van der Waals surface area contributed by atoms with Crippen molar-refractivity contribution in [3.8, 4) is 5.75 Å². The molecular weight excluding hydrogens is 346 g/mol. The predicted molar refractivity (Wildman–Crippen MR) is 95.7 cm³/mol. The summed E-state index contributed by atoms with van der Waals surface area (Å²) in [5.74, 6) is -0.791. The maximum atomic E-state index is 10.7. The first kappa shape index (κ1) is 19.8. The summed E-state index contributed by atoms with van der Waals surface area (Å²) < 4.78 is 17.2. The summed E-state index contributed by atoms with van der Waals surface area (Å²) in [5, 5.41) is 19.0. The Hall–Kier alpha value is -1.54. The Labute approximate surface area is 152 Å². The lowest BCUT2D eigenvalue weighted by Crippen LogP contribution is -2.41. The first-order valence-corrected chi connectivity index (χ1v) is 8.24. The highest BCUT2D eigenvalue weighted by molar-refractivity contribution is 6.55. The number of hydrogen-bond acceptors (Lipinski definition) is 5. The van der Waals surface area contributed by atoms with Crippen LogP contribution in [0, 0.1) is 0 Å². The van der Waals surface area contributed by atoms with E-state index >= 15 is 0 Å². The van der Waals surface area contributed by atoms with Gasteiger partial charge in [-0.3, -0.25) is 0 Å². The fourth-order valence-electron chi connectivity index (χ4n) is 2.27. The van der Waals surface area contributed by atoms with Crippen LogP contribution in [0.15, 0.2) is 23.7 Å². The highest BCUT2D eigenvalue weighted by Crippen LogP contribution is 2.39. The van der Waals surface area contributed by atoms with Gasteiger partial charge in [-0.1, -0.05) is 17.7 Å². The third-order valence-electron chi connectivity index (χ3n) is 4.41. The molecule has 0 aliphatic carbocycles. The first-order valence-electron chi connectivity index (χ1n) is 7.87. The van der Waals surface area contributed by atoms with E-state index in [1.54, 1.807) is 18.2 Å². The molecule has 1 fully saturated rings. The molecule has 0 atom stereocenters. The van der Waals surface area contributed by atoms with Crippen molar-refractivity contribution in [1.82, 2.24) is 0 Å². The molecule has 136 valence electrons. The van der Waals surface area contributed by atoms with Gasteiger partial charge in [0.2, 0.25) is 0 Å². The van der Waals surface area contributed by atoms with Crippen LogP contribution in [-0.2, 0) is 14.1 Å². The second-order valence-electron chi connectivity index (χ2n) is 6.83.